The van der Waals surface area contributed by atoms with Crippen molar-refractivity contribution in [1.29, 1.82) is 0 Å². The summed E-state index contributed by atoms with van der Waals surface area (Å²) in [6.07, 6.45) is 8.38. The fourth-order valence-corrected chi connectivity index (χ4v) is 2.60. The molecule has 0 aromatic rings. The summed E-state index contributed by atoms with van der Waals surface area (Å²) in [7, 11) is 0. The normalized spacial score (nSPS) is 33.2. The molecule has 0 bridgehead atoms. The molecule has 72 valence electrons. The number of rotatable bonds is 3. The van der Waals surface area contributed by atoms with Crippen molar-refractivity contribution >= 4 is 11.6 Å². The molecule has 0 amide bonds. The Morgan fingerprint density at radius 1 is 1.25 bits per heavy atom. The van der Waals surface area contributed by atoms with Crippen LogP contribution in [0.25, 0.3) is 0 Å². The smallest absolute Gasteiger partial charge is 0.0336 e. The van der Waals surface area contributed by atoms with Crippen molar-refractivity contribution in [1.82, 2.24) is 0 Å². The maximum atomic E-state index is 6.08. The van der Waals surface area contributed by atoms with Gasteiger partial charge in [-0.2, -0.15) is 0 Å². The van der Waals surface area contributed by atoms with Gasteiger partial charge < -0.3 is 0 Å². The molecule has 12 heavy (non-hydrogen) atoms. The second-order valence-electron chi connectivity index (χ2n) is 4.25. The lowest BCUT2D eigenvalue weighted by Gasteiger charge is -2.29. The molecule has 0 radical (unpaired) electrons. The van der Waals surface area contributed by atoms with E-state index in [4.69, 9.17) is 11.6 Å². The number of halogens is 1. The van der Waals surface area contributed by atoms with E-state index < -0.39 is 0 Å². The monoisotopic (exact) mass is 188 g/mol. The lowest BCUT2D eigenvalue weighted by Crippen LogP contribution is -2.20. The molecule has 1 unspecified atom stereocenters. The summed E-state index contributed by atoms with van der Waals surface area (Å²) in [6, 6.07) is 0. The van der Waals surface area contributed by atoms with E-state index in [-0.39, 0.29) is 0 Å². The van der Waals surface area contributed by atoms with Crippen LogP contribution in [0, 0.1) is 11.8 Å². The summed E-state index contributed by atoms with van der Waals surface area (Å²) in [5.41, 5.74) is 0. The maximum absolute atomic E-state index is 6.08. The fourth-order valence-electron chi connectivity index (χ4n) is 2.34. The van der Waals surface area contributed by atoms with Crippen LogP contribution in [-0.4, -0.2) is 5.38 Å². The Hall–Kier alpha value is 0.290. The molecule has 1 fully saturated rings. The van der Waals surface area contributed by atoms with Gasteiger partial charge in [0.05, 0.1) is 0 Å². The Morgan fingerprint density at radius 2 is 1.83 bits per heavy atom. The Balaban J connectivity index is 2.20. The zero-order chi connectivity index (χ0) is 8.97. The van der Waals surface area contributed by atoms with E-state index in [0.29, 0.717) is 5.38 Å². The number of hydrogen-bond donors (Lipinski definition) is 0. The summed E-state index contributed by atoms with van der Waals surface area (Å²) < 4.78 is 0. The first-order chi connectivity index (χ1) is 5.74. The highest BCUT2D eigenvalue weighted by Gasteiger charge is 2.23. The summed E-state index contributed by atoms with van der Waals surface area (Å²) in [4.78, 5) is 0. The highest BCUT2D eigenvalue weighted by atomic mass is 35.5. The van der Waals surface area contributed by atoms with Crippen LogP contribution >= 0.6 is 11.6 Å². The minimum absolute atomic E-state index is 0.396. The minimum Gasteiger partial charge on any atom is -0.123 e. The van der Waals surface area contributed by atoms with Gasteiger partial charge in [0.1, 0.15) is 0 Å². The van der Waals surface area contributed by atoms with Crippen LogP contribution in [0.15, 0.2) is 0 Å². The molecule has 0 aliphatic heterocycles. The van der Waals surface area contributed by atoms with Gasteiger partial charge >= 0.3 is 0 Å². The lowest BCUT2D eigenvalue weighted by atomic mass is 9.79. The second-order valence-corrected chi connectivity index (χ2v) is 4.94. The average Bonchev–Trinajstić information content (AvgIpc) is 2.06. The maximum Gasteiger partial charge on any atom is 0.0336 e. The van der Waals surface area contributed by atoms with Crippen molar-refractivity contribution in [3.63, 3.8) is 0 Å². The zero-order valence-corrected chi connectivity index (χ0v) is 9.11. The first-order valence-corrected chi connectivity index (χ1v) is 5.81. The SMILES string of the molecule is CCCC1CCC(C(C)Cl)CC1. The van der Waals surface area contributed by atoms with E-state index in [1.54, 1.807) is 0 Å². The molecule has 1 aliphatic carbocycles. The van der Waals surface area contributed by atoms with Crippen LogP contribution < -0.4 is 0 Å². The molecule has 0 spiro atoms. The van der Waals surface area contributed by atoms with E-state index in [1.165, 1.54) is 38.5 Å². The van der Waals surface area contributed by atoms with Gasteiger partial charge in [0.2, 0.25) is 0 Å². The minimum atomic E-state index is 0.396. The van der Waals surface area contributed by atoms with Gasteiger partial charge in [-0.1, -0.05) is 32.6 Å². The summed E-state index contributed by atoms with van der Waals surface area (Å²) in [6.45, 7) is 4.43. The van der Waals surface area contributed by atoms with Crippen LogP contribution in [0.3, 0.4) is 0 Å². The van der Waals surface area contributed by atoms with Gasteiger partial charge in [0.15, 0.2) is 0 Å². The predicted octanol–water partition coefficient (Wildman–Crippen LogP) is 4.22. The highest BCUT2D eigenvalue weighted by molar-refractivity contribution is 6.20. The van der Waals surface area contributed by atoms with Gasteiger partial charge in [-0.05, 0) is 31.6 Å². The summed E-state index contributed by atoms with van der Waals surface area (Å²) >= 11 is 6.08. The molecule has 1 heteroatoms. The van der Waals surface area contributed by atoms with Gasteiger partial charge in [0, 0.05) is 5.38 Å². The quantitative estimate of drug-likeness (QED) is 0.582. The zero-order valence-electron chi connectivity index (χ0n) is 8.35. The first kappa shape index (κ1) is 10.4. The molecule has 0 N–H and O–H groups in total. The Bertz CT molecular complexity index is 112. The third-order valence-electron chi connectivity index (χ3n) is 3.24. The van der Waals surface area contributed by atoms with Crippen LogP contribution in [0.1, 0.15) is 52.4 Å². The Morgan fingerprint density at radius 3 is 2.25 bits per heavy atom. The molecule has 1 atom stereocenters. The largest absolute Gasteiger partial charge is 0.123 e. The van der Waals surface area contributed by atoms with Crippen LogP contribution in [0.4, 0.5) is 0 Å². The lowest BCUT2D eigenvalue weighted by molar-refractivity contribution is 0.260. The van der Waals surface area contributed by atoms with E-state index in [9.17, 15) is 0 Å². The average molecular weight is 189 g/mol. The molecule has 0 heterocycles. The molecule has 1 rings (SSSR count). The van der Waals surface area contributed by atoms with Gasteiger partial charge in [-0.25, -0.2) is 0 Å². The van der Waals surface area contributed by atoms with Gasteiger partial charge in [-0.3, -0.25) is 0 Å². The third-order valence-corrected chi connectivity index (χ3v) is 3.59. The van der Waals surface area contributed by atoms with Crippen LogP contribution in [-0.2, 0) is 0 Å². The fraction of sp³-hybridized carbons (Fsp3) is 1.00. The molecule has 0 saturated heterocycles. The van der Waals surface area contributed by atoms with Crippen LogP contribution in [0.2, 0.25) is 0 Å². The van der Waals surface area contributed by atoms with E-state index >= 15 is 0 Å². The van der Waals surface area contributed by atoms with Crippen molar-refractivity contribution in [2.75, 3.05) is 0 Å². The standard InChI is InChI=1S/C11H21Cl/c1-3-4-10-5-7-11(8-6-10)9(2)12/h9-11H,3-8H2,1-2H3. The molecule has 1 aliphatic rings. The molecular weight excluding hydrogens is 168 g/mol. The van der Waals surface area contributed by atoms with E-state index in [1.807, 2.05) is 0 Å². The second kappa shape index (κ2) is 5.11. The van der Waals surface area contributed by atoms with Gasteiger partial charge in [0.25, 0.3) is 0 Å². The first-order valence-electron chi connectivity index (χ1n) is 5.38. The predicted molar refractivity (Wildman–Crippen MR) is 55.7 cm³/mol. The number of alkyl halides is 1. The van der Waals surface area contributed by atoms with Crippen molar-refractivity contribution in [2.45, 2.75) is 57.7 Å². The van der Waals surface area contributed by atoms with Crippen molar-refractivity contribution in [3.8, 4) is 0 Å². The summed E-state index contributed by atoms with van der Waals surface area (Å²) in [5, 5.41) is 0.396. The Labute approximate surface area is 81.7 Å². The third kappa shape index (κ3) is 2.97. The van der Waals surface area contributed by atoms with Gasteiger partial charge in [-0.15, -0.1) is 11.6 Å². The molecular formula is C11H21Cl. The van der Waals surface area contributed by atoms with Crippen LogP contribution in [0.5, 0.6) is 0 Å². The van der Waals surface area contributed by atoms with Crippen molar-refractivity contribution in [2.24, 2.45) is 11.8 Å². The topological polar surface area (TPSA) is 0 Å². The highest BCUT2D eigenvalue weighted by Crippen LogP contribution is 2.34. The van der Waals surface area contributed by atoms with E-state index in [0.717, 1.165) is 11.8 Å². The summed E-state index contributed by atoms with van der Waals surface area (Å²) in [5.74, 6) is 1.82. The number of hydrogen-bond acceptors (Lipinski definition) is 0. The molecule has 1 saturated carbocycles. The molecule has 0 aromatic carbocycles. The molecule has 0 aromatic heterocycles. The van der Waals surface area contributed by atoms with Crippen molar-refractivity contribution < 1.29 is 0 Å². The molecule has 0 nitrogen and oxygen atoms in total. The Kier molecular flexibility index (Phi) is 4.42. The van der Waals surface area contributed by atoms with Crippen molar-refractivity contribution in [3.05, 3.63) is 0 Å². The van der Waals surface area contributed by atoms with E-state index in [2.05, 4.69) is 13.8 Å².